The van der Waals surface area contributed by atoms with Gasteiger partial charge in [-0.3, -0.25) is 0 Å². The van der Waals surface area contributed by atoms with E-state index in [-0.39, 0.29) is 12.2 Å². The summed E-state index contributed by atoms with van der Waals surface area (Å²) in [7, 11) is 0. The maximum absolute atomic E-state index is 5.90. The zero-order valence-corrected chi connectivity index (χ0v) is 12.3. The van der Waals surface area contributed by atoms with Gasteiger partial charge in [-0.2, -0.15) is 0 Å². The standard InChI is InChI=1S/C16H14Cl2O2/c17-13-5-1-11(2-6-13)15-9-20-16(10-19-15)12-3-7-14(18)8-4-12/h1-8,15-16H,9-10H2. The van der Waals surface area contributed by atoms with Gasteiger partial charge in [-0.1, -0.05) is 47.5 Å². The van der Waals surface area contributed by atoms with Crippen LogP contribution in [0.25, 0.3) is 0 Å². The third kappa shape index (κ3) is 3.15. The summed E-state index contributed by atoms with van der Waals surface area (Å²) in [5.74, 6) is 0. The Kier molecular flexibility index (Phi) is 4.27. The van der Waals surface area contributed by atoms with Gasteiger partial charge in [-0.15, -0.1) is 0 Å². The van der Waals surface area contributed by atoms with Crippen molar-refractivity contribution in [2.75, 3.05) is 13.2 Å². The normalized spacial score (nSPS) is 22.7. The largest absolute Gasteiger partial charge is 0.368 e. The van der Waals surface area contributed by atoms with Crippen LogP contribution in [0.4, 0.5) is 0 Å². The lowest BCUT2D eigenvalue weighted by Crippen LogP contribution is -2.25. The van der Waals surface area contributed by atoms with Crippen LogP contribution in [-0.2, 0) is 9.47 Å². The molecule has 0 aliphatic carbocycles. The van der Waals surface area contributed by atoms with Crippen molar-refractivity contribution < 1.29 is 9.47 Å². The molecule has 2 nitrogen and oxygen atoms in total. The van der Waals surface area contributed by atoms with E-state index in [1.165, 1.54) is 0 Å². The quantitative estimate of drug-likeness (QED) is 0.791. The Hall–Kier alpha value is -1.06. The highest BCUT2D eigenvalue weighted by Gasteiger charge is 2.24. The Balaban J connectivity index is 1.64. The molecule has 0 bridgehead atoms. The fourth-order valence-corrected chi connectivity index (χ4v) is 2.50. The fourth-order valence-electron chi connectivity index (χ4n) is 2.24. The minimum Gasteiger partial charge on any atom is -0.368 e. The number of halogens is 2. The summed E-state index contributed by atoms with van der Waals surface area (Å²) < 4.78 is 11.8. The zero-order valence-electron chi connectivity index (χ0n) is 10.8. The van der Waals surface area contributed by atoms with Crippen molar-refractivity contribution in [1.82, 2.24) is 0 Å². The van der Waals surface area contributed by atoms with Gasteiger partial charge in [-0.05, 0) is 35.4 Å². The summed E-state index contributed by atoms with van der Waals surface area (Å²) in [6.45, 7) is 1.07. The molecule has 1 aliphatic heterocycles. The molecule has 3 rings (SSSR count). The molecule has 4 heteroatoms. The third-order valence-corrected chi connectivity index (χ3v) is 3.89. The lowest BCUT2D eigenvalue weighted by Gasteiger charge is -2.30. The fraction of sp³-hybridized carbons (Fsp3) is 0.250. The minimum atomic E-state index is -0.0317. The second kappa shape index (κ2) is 6.15. The Bertz CT molecular complexity index is 505. The molecule has 104 valence electrons. The molecule has 1 heterocycles. The molecule has 2 aromatic rings. The van der Waals surface area contributed by atoms with E-state index >= 15 is 0 Å². The van der Waals surface area contributed by atoms with Crippen molar-refractivity contribution in [3.63, 3.8) is 0 Å². The first-order chi connectivity index (χ1) is 9.72. The molecule has 0 saturated carbocycles. The van der Waals surface area contributed by atoms with Gasteiger partial charge >= 0.3 is 0 Å². The Labute approximate surface area is 128 Å². The van der Waals surface area contributed by atoms with E-state index in [9.17, 15) is 0 Å². The molecule has 0 spiro atoms. The molecule has 0 radical (unpaired) electrons. The minimum absolute atomic E-state index is 0.0317. The van der Waals surface area contributed by atoms with E-state index in [1.54, 1.807) is 0 Å². The van der Waals surface area contributed by atoms with Crippen LogP contribution in [0.3, 0.4) is 0 Å². The van der Waals surface area contributed by atoms with Crippen molar-refractivity contribution in [3.05, 3.63) is 69.7 Å². The Morgan fingerprint density at radius 1 is 0.650 bits per heavy atom. The monoisotopic (exact) mass is 308 g/mol. The van der Waals surface area contributed by atoms with Crippen LogP contribution in [0, 0.1) is 0 Å². The average Bonchev–Trinajstić information content (AvgIpc) is 2.49. The average molecular weight is 309 g/mol. The molecule has 2 aromatic carbocycles. The van der Waals surface area contributed by atoms with E-state index in [1.807, 2.05) is 48.5 Å². The van der Waals surface area contributed by atoms with Gasteiger partial charge in [0.1, 0.15) is 12.2 Å². The van der Waals surface area contributed by atoms with E-state index in [4.69, 9.17) is 32.7 Å². The zero-order chi connectivity index (χ0) is 13.9. The van der Waals surface area contributed by atoms with Crippen LogP contribution < -0.4 is 0 Å². The number of ether oxygens (including phenoxy) is 2. The maximum atomic E-state index is 5.90. The molecule has 0 amide bonds. The van der Waals surface area contributed by atoms with Crippen LogP contribution in [-0.4, -0.2) is 13.2 Å². The summed E-state index contributed by atoms with van der Waals surface area (Å²) in [5.41, 5.74) is 2.17. The van der Waals surface area contributed by atoms with E-state index in [2.05, 4.69) is 0 Å². The summed E-state index contributed by atoms with van der Waals surface area (Å²) in [6.07, 6.45) is -0.0633. The first-order valence-electron chi connectivity index (χ1n) is 6.46. The number of hydrogen-bond donors (Lipinski definition) is 0. The van der Waals surface area contributed by atoms with Crippen molar-refractivity contribution in [3.8, 4) is 0 Å². The molecule has 2 atom stereocenters. The summed E-state index contributed by atoms with van der Waals surface area (Å²) >= 11 is 11.8. The van der Waals surface area contributed by atoms with Gasteiger partial charge < -0.3 is 9.47 Å². The highest BCUT2D eigenvalue weighted by Crippen LogP contribution is 2.30. The third-order valence-electron chi connectivity index (χ3n) is 3.38. The summed E-state index contributed by atoms with van der Waals surface area (Å²) in [5, 5.41) is 1.45. The van der Waals surface area contributed by atoms with E-state index in [0.29, 0.717) is 13.2 Å². The van der Waals surface area contributed by atoms with Gasteiger partial charge in [0.2, 0.25) is 0 Å². The smallest absolute Gasteiger partial charge is 0.106 e. The molecular formula is C16H14Cl2O2. The second-order valence-corrected chi connectivity index (χ2v) is 5.62. The van der Waals surface area contributed by atoms with Crippen LogP contribution in [0.2, 0.25) is 10.0 Å². The van der Waals surface area contributed by atoms with Crippen molar-refractivity contribution >= 4 is 23.2 Å². The van der Waals surface area contributed by atoms with Crippen LogP contribution in [0.15, 0.2) is 48.5 Å². The predicted octanol–water partition coefficient (Wildman–Crippen LogP) is 4.82. The van der Waals surface area contributed by atoms with Crippen molar-refractivity contribution in [1.29, 1.82) is 0 Å². The number of rotatable bonds is 2. The molecule has 0 aromatic heterocycles. The Morgan fingerprint density at radius 3 is 1.30 bits per heavy atom. The van der Waals surface area contributed by atoms with Gasteiger partial charge in [-0.25, -0.2) is 0 Å². The molecule has 0 N–H and O–H groups in total. The first kappa shape index (κ1) is 13.9. The van der Waals surface area contributed by atoms with E-state index < -0.39 is 0 Å². The SMILES string of the molecule is Clc1ccc(C2COC(c3ccc(Cl)cc3)CO2)cc1. The highest BCUT2D eigenvalue weighted by molar-refractivity contribution is 6.30. The maximum Gasteiger partial charge on any atom is 0.106 e. The van der Waals surface area contributed by atoms with Gasteiger partial charge in [0.25, 0.3) is 0 Å². The van der Waals surface area contributed by atoms with E-state index in [0.717, 1.165) is 21.2 Å². The number of benzene rings is 2. The Morgan fingerprint density at radius 2 is 1.00 bits per heavy atom. The summed E-state index contributed by atoms with van der Waals surface area (Å²) in [4.78, 5) is 0. The molecule has 1 fully saturated rings. The van der Waals surface area contributed by atoms with Gasteiger partial charge in [0.15, 0.2) is 0 Å². The summed E-state index contributed by atoms with van der Waals surface area (Å²) in [6, 6.07) is 15.4. The molecule has 2 unspecified atom stereocenters. The molecule has 1 saturated heterocycles. The van der Waals surface area contributed by atoms with Crippen molar-refractivity contribution in [2.45, 2.75) is 12.2 Å². The second-order valence-electron chi connectivity index (χ2n) is 4.75. The highest BCUT2D eigenvalue weighted by atomic mass is 35.5. The lowest BCUT2D eigenvalue weighted by molar-refractivity contribution is -0.137. The van der Waals surface area contributed by atoms with Crippen LogP contribution >= 0.6 is 23.2 Å². The molecule has 1 aliphatic rings. The van der Waals surface area contributed by atoms with Crippen LogP contribution in [0.1, 0.15) is 23.3 Å². The van der Waals surface area contributed by atoms with Gasteiger partial charge in [0.05, 0.1) is 13.2 Å². The van der Waals surface area contributed by atoms with Crippen molar-refractivity contribution in [2.24, 2.45) is 0 Å². The molecular weight excluding hydrogens is 295 g/mol. The van der Waals surface area contributed by atoms with Gasteiger partial charge in [0, 0.05) is 10.0 Å². The molecule has 20 heavy (non-hydrogen) atoms. The lowest BCUT2D eigenvalue weighted by atomic mass is 10.1. The first-order valence-corrected chi connectivity index (χ1v) is 7.22. The van der Waals surface area contributed by atoms with Crippen LogP contribution in [0.5, 0.6) is 0 Å². The topological polar surface area (TPSA) is 18.5 Å². The predicted molar refractivity (Wildman–Crippen MR) is 80.3 cm³/mol. The number of hydrogen-bond acceptors (Lipinski definition) is 2.